The average molecular weight is 342 g/mol. The Bertz CT molecular complexity index is 834. The number of carboxylic acids is 1. The molecular weight excluding hydrogens is 324 g/mol. The van der Waals surface area contributed by atoms with E-state index in [1.165, 1.54) is 19.2 Å². The highest BCUT2D eigenvalue weighted by Gasteiger charge is 2.23. The SMILES string of the molecule is COc1ccc(NC(=O)c2cccc3c2OCCN3C)c(C(=O)O)c1. The third-order valence-corrected chi connectivity index (χ3v) is 4.03. The van der Waals surface area contributed by atoms with E-state index in [0.717, 1.165) is 12.2 Å². The third kappa shape index (κ3) is 3.21. The monoisotopic (exact) mass is 342 g/mol. The van der Waals surface area contributed by atoms with Crippen LogP contribution in [-0.2, 0) is 0 Å². The summed E-state index contributed by atoms with van der Waals surface area (Å²) >= 11 is 0. The summed E-state index contributed by atoms with van der Waals surface area (Å²) < 4.78 is 10.7. The molecule has 0 unspecified atom stereocenters. The van der Waals surface area contributed by atoms with Crippen LogP contribution in [0.15, 0.2) is 36.4 Å². The number of aromatic carboxylic acids is 1. The second-order valence-electron chi connectivity index (χ2n) is 5.59. The van der Waals surface area contributed by atoms with E-state index < -0.39 is 11.9 Å². The van der Waals surface area contributed by atoms with Crippen molar-refractivity contribution < 1.29 is 24.2 Å². The fourth-order valence-corrected chi connectivity index (χ4v) is 2.69. The number of anilines is 2. The molecule has 130 valence electrons. The van der Waals surface area contributed by atoms with Crippen molar-refractivity contribution in [2.45, 2.75) is 0 Å². The molecule has 2 aromatic rings. The molecule has 1 aliphatic heterocycles. The van der Waals surface area contributed by atoms with Gasteiger partial charge in [-0.25, -0.2) is 4.79 Å². The zero-order chi connectivity index (χ0) is 18.0. The van der Waals surface area contributed by atoms with Gasteiger partial charge in [0.1, 0.15) is 12.4 Å². The first kappa shape index (κ1) is 16.6. The number of fused-ring (bicyclic) bond motifs is 1. The van der Waals surface area contributed by atoms with Gasteiger partial charge < -0.3 is 24.8 Å². The van der Waals surface area contributed by atoms with Crippen LogP contribution in [0.5, 0.6) is 11.5 Å². The van der Waals surface area contributed by atoms with Crippen LogP contribution < -0.4 is 19.7 Å². The van der Waals surface area contributed by atoms with Gasteiger partial charge in [0.2, 0.25) is 0 Å². The van der Waals surface area contributed by atoms with Gasteiger partial charge >= 0.3 is 5.97 Å². The number of ether oxygens (including phenoxy) is 2. The van der Waals surface area contributed by atoms with Crippen LogP contribution in [-0.4, -0.2) is 44.3 Å². The van der Waals surface area contributed by atoms with Gasteiger partial charge in [-0.1, -0.05) is 6.07 Å². The summed E-state index contributed by atoms with van der Waals surface area (Å²) in [4.78, 5) is 26.1. The second kappa shape index (κ2) is 6.72. The van der Waals surface area contributed by atoms with E-state index in [1.807, 2.05) is 18.0 Å². The van der Waals surface area contributed by atoms with Gasteiger partial charge in [0.25, 0.3) is 5.91 Å². The van der Waals surface area contributed by atoms with Crippen molar-refractivity contribution >= 4 is 23.3 Å². The number of amides is 1. The van der Waals surface area contributed by atoms with Crippen LogP contribution in [0.2, 0.25) is 0 Å². The Morgan fingerprint density at radius 1 is 1.24 bits per heavy atom. The predicted molar refractivity (Wildman–Crippen MR) is 93.1 cm³/mol. The zero-order valence-electron chi connectivity index (χ0n) is 13.9. The van der Waals surface area contributed by atoms with Crippen molar-refractivity contribution in [3.63, 3.8) is 0 Å². The molecule has 7 heteroatoms. The molecule has 0 aromatic heterocycles. The zero-order valence-corrected chi connectivity index (χ0v) is 13.9. The van der Waals surface area contributed by atoms with Crippen LogP contribution in [0.1, 0.15) is 20.7 Å². The average Bonchev–Trinajstić information content (AvgIpc) is 2.61. The molecular formula is C18H18N2O5. The number of rotatable bonds is 4. The second-order valence-corrected chi connectivity index (χ2v) is 5.59. The lowest BCUT2D eigenvalue weighted by atomic mass is 10.1. The molecule has 3 rings (SSSR count). The summed E-state index contributed by atoms with van der Waals surface area (Å²) in [6, 6.07) is 9.75. The van der Waals surface area contributed by atoms with Crippen LogP contribution in [0, 0.1) is 0 Å². The smallest absolute Gasteiger partial charge is 0.337 e. The Balaban J connectivity index is 1.94. The summed E-state index contributed by atoms with van der Waals surface area (Å²) in [5.74, 6) is -0.684. The molecule has 0 radical (unpaired) electrons. The number of hydrogen-bond acceptors (Lipinski definition) is 5. The summed E-state index contributed by atoms with van der Waals surface area (Å²) in [5.41, 5.74) is 1.33. The molecule has 1 heterocycles. The third-order valence-electron chi connectivity index (χ3n) is 4.03. The standard InChI is InChI=1S/C18H18N2O5/c1-20-8-9-25-16-12(4-3-5-15(16)20)17(21)19-14-7-6-11(24-2)10-13(14)18(22)23/h3-7,10H,8-9H2,1-2H3,(H,19,21)(H,22,23). The van der Waals surface area contributed by atoms with E-state index in [4.69, 9.17) is 9.47 Å². The molecule has 0 atom stereocenters. The van der Waals surface area contributed by atoms with Crippen molar-refractivity contribution in [1.82, 2.24) is 0 Å². The lowest BCUT2D eigenvalue weighted by molar-refractivity contribution is 0.0697. The highest BCUT2D eigenvalue weighted by molar-refractivity contribution is 6.10. The molecule has 2 aromatic carbocycles. The number of carbonyl (C=O) groups is 2. The normalized spacial score (nSPS) is 12.8. The first-order chi connectivity index (χ1) is 12.0. The number of para-hydroxylation sites is 1. The summed E-state index contributed by atoms with van der Waals surface area (Å²) in [6.45, 7) is 1.22. The molecule has 7 nitrogen and oxygen atoms in total. The van der Waals surface area contributed by atoms with Gasteiger partial charge in [0, 0.05) is 7.05 Å². The maximum atomic E-state index is 12.7. The van der Waals surface area contributed by atoms with Gasteiger partial charge in [0.05, 0.1) is 36.2 Å². The molecule has 0 bridgehead atoms. The predicted octanol–water partition coefficient (Wildman–Crippen LogP) is 2.47. The van der Waals surface area contributed by atoms with E-state index >= 15 is 0 Å². The minimum absolute atomic E-state index is 0.0458. The minimum Gasteiger partial charge on any atom is -0.497 e. The maximum absolute atomic E-state index is 12.7. The Morgan fingerprint density at radius 3 is 2.76 bits per heavy atom. The number of carboxylic acid groups (broad SMARTS) is 1. The quantitative estimate of drug-likeness (QED) is 0.887. The van der Waals surface area contributed by atoms with E-state index in [1.54, 1.807) is 18.2 Å². The number of carbonyl (C=O) groups excluding carboxylic acids is 1. The van der Waals surface area contributed by atoms with Crippen LogP contribution in [0.3, 0.4) is 0 Å². The fourth-order valence-electron chi connectivity index (χ4n) is 2.69. The van der Waals surface area contributed by atoms with Crippen molar-refractivity contribution in [3.05, 3.63) is 47.5 Å². The lowest BCUT2D eigenvalue weighted by Gasteiger charge is -2.28. The number of benzene rings is 2. The molecule has 1 amide bonds. The van der Waals surface area contributed by atoms with E-state index in [2.05, 4.69) is 5.32 Å². The first-order valence-electron chi connectivity index (χ1n) is 7.71. The highest BCUT2D eigenvalue weighted by atomic mass is 16.5. The highest BCUT2D eigenvalue weighted by Crippen LogP contribution is 2.34. The summed E-state index contributed by atoms with van der Waals surface area (Å²) in [7, 11) is 3.37. The number of nitrogens with one attached hydrogen (secondary N) is 1. The Hall–Kier alpha value is -3.22. The van der Waals surface area contributed by atoms with Crippen LogP contribution in [0.4, 0.5) is 11.4 Å². The topological polar surface area (TPSA) is 88.1 Å². The molecule has 25 heavy (non-hydrogen) atoms. The molecule has 0 spiro atoms. The largest absolute Gasteiger partial charge is 0.497 e. The van der Waals surface area contributed by atoms with Gasteiger partial charge in [-0.15, -0.1) is 0 Å². The van der Waals surface area contributed by atoms with Crippen LogP contribution >= 0.6 is 0 Å². The molecule has 2 N–H and O–H groups in total. The molecule has 0 fully saturated rings. The minimum atomic E-state index is -1.15. The number of hydrogen-bond donors (Lipinski definition) is 2. The number of likely N-dealkylation sites (N-methyl/N-ethyl adjacent to an activating group) is 1. The van der Waals surface area contributed by atoms with Gasteiger partial charge in [-0.05, 0) is 30.3 Å². The molecule has 0 saturated carbocycles. The van der Waals surface area contributed by atoms with Crippen molar-refractivity contribution in [1.29, 1.82) is 0 Å². The van der Waals surface area contributed by atoms with Gasteiger partial charge in [0.15, 0.2) is 5.75 Å². The van der Waals surface area contributed by atoms with Crippen molar-refractivity contribution in [3.8, 4) is 11.5 Å². The Morgan fingerprint density at radius 2 is 2.04 bits per heavy atom. The molecule has 0 saturated heterocycles. The van der Waals surface area contributed by atoms with E-state index in [-0.39, 0.29) is 11.3 Å². The van der Waals surface area contributed by atoms with E-state index in [0.29, 0.717) is 23.7 Å². The maximum Gasteiger partial charge on any atom is 0.337 e. The summed E-state index contributed by atoms with van der Waals surface area (Å²) in [6.07, 6.45) is 0. The summed E-state index contributed by atoms with van der Waals surface area (Å²) in [5, 5.41) is 12.0. The van der Waals surface area contributed by atoms with Crippen LogP contribution in [0.25, 0.3) is 0 Å². The fraction of sp³-hybridized carbons (Fsp3) is 0.222. The first-order valence-corrected chi connectivity index (χ1v) is 7.71. The van der Waals surface area contributed by atoms with Gasteiger partial charge in [-0.2, -0.15) is 0 Å². The number of nitrogens with zero attached hydrogens (tertiary/aromatic N) is 1. The van der Waals surface area contributed by atoms with Crippen molar-refractivity contribution in [2.75, 3.05) is 37.5 Å². The lowest BCUT2D eigenvalue weighted by Crippen LogP contribution is -2.30. The molecule has 1 aliphatic rings. The van der Waals surface area contributed by atoms with Gasteiger partial charge in [-0.3, -0.25) is 4.79 Å². The Labute approximate surface area is 144 Å². The Kier molecular flexibility index (Phi) is 4.47. The van der Waals surface area contributed by atoms with Crippen molar-refractivity contribution in [2.24, 2.45) is 0 Å². The van der Waals surface area contributed by atoms with E-state index in [9.17, 15) is 14.7 Å². The number of methoxy groups -OCH3 is 1. The molecule has 0 aliphatic carbocycles.